The maximum Gasteiger partial charge on any atom is 0.336 e. The third-order valence-electron chi connectivity index (χ3n) is 3.10. The second kappa shape index (κ2) is 5.75. The Bertz CT molecular complexity index is 612. The predicted molar refractivity (Wildman–Crippen MR) is 78.6 cm³/mol. The van der Waals surface area contributed by atoms with E-state index in [1.165, 1.54) is 12.1 Å². The van der Waals surface area contributed by atoms with Gasteiger partial charge in [-0.3, -0.25) is 0 Å². The minimum Gasteiger partial charge on any atom is -0.479 e. The van der Waals surface area contributed by atoms with E-state index in [4.69, 9.17) is 5.11 Å². The molecule has 0 saturated carbocycles. The van der Waals surface area contributed by atoms with Crippen LogP contribution in [0.25, 0.3) is 0 Å². The van der Waals surface area contributed by atoms with Crippen LogP contribution in [0.3, 0.4) is 0 Å². The van der Waals surface area contributed by atoms with Crippen molar-refractivity contribution in [1.29, 1.82) is 0 Å². The molecule has 0 saturated heterocycles. The average Bonchev–Trinajstić information content (AvgIpc) is 2.36. The van der Waals surface area contributed by atoms with E-state index < -0.39 is 28.1 Å². The molecule has 1 rings (SSSR count). The highest BCUT2D eigenvalue weighted by Gasteiger charge is 2.31. The Labute approximate surface area is 124 Å². The van der Waals surface area contributed by atoms with Gasteiger partial charge in [-0.15, -0.1) is 0 Å². The normalized spacial score (nSPS) is 15.5. The average molecular weight is 315 g/mol. The number of sulfonamides is 1. The molecule has 0 aromatic heterocycles. The number of carbonyl (C=O) groups is 1. The van der Waals surface area contributed by atoms with Gasteiger partial charge in [0.2, 0.25) is 10.0 Å². The summed E-state index contributed by atoms with van der Waals surface area (Å²) in [7, 11) is -3.86. The summed E-state index contributed by atoms with van der Waals surface area (Å²) in [5.74, 6) is -1.49. The molecule has 1 unspecified atom stereocenters. The highest BCUT2D eigenvalue weighted by Crippen LogP contribution is 2.23. The number of aliphatic carboxylic acids is 1. The first kappa shape index (κ1) is 17.6. The molecule has 1 aromatic carbocycles. The SMILES string of the molecule is CC(O)(CNS(=O)(=O)c1ccc(C(C)(C)C)cc1)C(=O)O. The molecule has 0 radical (unpaired) electrons. The maximum atomic E-state index is 12.0. The highest BCUT2D eigenvalue weighted by molar-refractivity contribution is 7.89. The van der Waals surface area contributed by atoms with E-state index in [9.17, 15) is 18.3 Å². The van der Waals surface area contributed by atoms with Crippen molar-refractivity contribution in [1.82, 2.24) is 4.72 Å². The molecule has 0 aliphatic heterocycles. The largest absolute Gasteiger partial charge is 0.479 e. The lowest BCUT2D eigenvalue weighted by Crippen LogP contribution is -2.46. The first-order chi connectivity index (χ1) is 9.36. The van der Waals surface area contributed by atoms with E-state index in [1.54, 1.807) is 12.1 Å². The Morgan fingerprint density at radius 3 is 2.00 bits per heavy atom. The van der Waals surface area contributed by atoms with Crippen LogP contribution in [0.2, 0.25) is 0 Å². The fourth-order valence-electron chi connectivity index (χ4n) is 1.53. The summed E-state index contributed by atoms with van der Waals surface area (Å²) in [6.07, 6.45) is 0. The van der Waals surface area contributed by atoms with Crippen LogP contribution in [0.1, 0.15) is 33.3 Å². The fraction of sp³-hybridized carbons (Fsp3) is 0.500. The molecule has 1 aromatic rings. The van der Waals surface area contributed by atoms with Crippen molar-refractivity contribution in [2.75, 3.05) is 6.54 Å². The monoisotopic (exact) mass is 315 g/mol. The molecule has 3 N–H and O–H groups in total. The van der Waals surface area contributed by atoms with Crippen LogP contribution in [0.5, 0.6) is 0 Å². The third kappa shape index (κ3) is 4.52. The minimum atomic E-state index is -3.86. The Kier molecular flexibility index (Phi) is 4.82. The van der Waals surface area contributed by atoms with Crippen molar-refractivity contribution >= 4 is 16.0 Å². The van der Waals surface area contributed by atoms with E-state index in [2.05, 4.69) is 4.72 Å². The van der Waals surface area contributed by atoms with E-state index in [0.29, 0.717) is 0 Å². The first-order valence-electron chi connectivity index (χ1n) is 6.42. The van der Waals surface area contributed by atoms with E-state index in [-0.39, 0.29) is 10.3 Å². The second-order valence-corrected chi connectivity index (χ2v) is 7.94. The smallest absolute Gasteiger partial charge is 0.336 e. The van der Waals surface area contributed by atoms with Gasteiger partial charge in [0.05, 0.1) is 11.4 Å². The molecule has 0 spiro atoms. The van der Waals surface area contributed by atoms with Crippen LogP contribution >= 0.6 is 0 Å². The second-order valence-electron chi connectivity index (χ2n) is 6.18. The molecular weight excluding hydrogens is 294 g/mol. The van der Waals surface area contributed by atoms with Crippen molar-refractivity contribution in [3.8, 4) is 0 Å². The zero-order valence-corrected chi connectivity index (χ0v) is 13.4. The van der Waals surface area contributed by atoms with Crippen LogP contribution in [-0.4, -0.2) is 36.7 Å². The molecule has 0 amide bonds. The molecule has 21 heavy (non-hydrogen) atoms. The number of benzene rings is 1. The van der Waals surface area contributed by atoms with Crippen molar-refractivity contribution in [3.05, 3.63) is 29.8 Å². The lowest BCUT2D eigenvalue weighted by Gasteiger charge is -2.20. The summed E-state index contributed by atoms with van der Waals surface area (Å²) in [6, 6.07) is 6.34. The Morgan fingerprint density at radius 1 is 1.14 bits per heavy atom. The van der Waals surface area contributed by atoms with E-state index >= 15 is 0 Å². The molecule has 0 aliphatic rings. The van der Waals surface area contributed by atoms with Gasteiger partial charge in [-0.05, 0) is 30.0 Å². The number of rotatable bonds is 5. The first-order valence-corrected chi connectivity index (χ1v) is 7.90. The number of nitrogens with one attached hydrogen (secondary N) is 1. The van der Waals surface area contributed by atoms with E-state index in [0.717, 1.165) is 12.5 Å². The van der Waals surface area contributed by atoms with Gasteiger partial charge in [0.15, 0.2) is 5.60 Å². The van der Waals surface area contributed by atoms with Crippen LogP contribution in [0.4, 0.5) is 0 Å². The zero-order chi connectivity index (χ0) is 16.5. The summed E-state index contributed by atoms with van der Waals surface area (Å²) in [5.41, 5.74) is -1.26. The number of aliphatic hydroxyl groups is 1. The molecular formula is C14H21NO5S. The van der Waals surface area contributed by atoms with Gasteiger partial charge in [-0.1, -0.05) is 32.9 Å². The van der Waals surface area contributed by atoms with Gasteiger partial charge < -0.3 is 10.2 Å². The van der Waals surface area contributed by atoms with Crippen molar-refractivity contribution in [2.24, 2.45) is 0 Å². The predicted octanol–water partition coefficient (Wildman–Crippen LogP) is 1.10. The molecule has 7 heteroatoms. The number of carboxylic acid groups (broad SMARTS) is 1. The summed E-state index contributed by atoms with van der Waals surface area (Å²) in [4.78, 5) is 10.8. The summed E-state index contributed by atoms with van der Waals surface area (Å²) in [6.45, 7) is 6.46. The zero-order valence-electron chi connectivity index (χ0n) is 12.5. The number of carboxylic acids is 1. The Hall–Kier alpha value is -1.44. The van der Waals surface area contributed by atoms with Crippen molar-refractivity contribution in [3.63, 3.8) is 0 Å². The van der Waals surface area contributed by atoms with Crippen LogP contribution < -0.4 is 4.72 Å². The van der Waals surface area contributed by atoms with E-state index in [1.807, 2.05) is 20.8 Å². The quantitative estimate of drug-likeness (QED) is 0.755. The Balaban J connectivity index is 2.92. The molecule has 0 bridgehead atoms. The number of hydrogen-bond acceptors (Lipinski definition) is 4. The van der Waals surface area contributed by atoms with Crippen molar-refractivity contribution in [2.45, 2.75) is 43.6 Å². The summed E-state index contributed by atoms with van der Waals surface area (Å²) in [5, 5.41) is 18.3. The molecule has 0 fully saturated rings. The van der Waals surface area contributed by atoms with Gasteiger partial charge in [-0.2, -0.15) is 0 Å². The summed E-state index contributed by atoms with van der Waals surface area (Å²) >= 11 is 0. The lowest BCUT2D eigenvalue weighted by atomic mass is 9.87. The van der Waals surface area contributed by atoms with Crippen molar-refractivity contribution < 1.29 is 23.4 Å². The lowest BCUT2D eigenvalue weighted by molar-refractivity contribution is -0.155. The molecule has 0 heterocycles. The standard InChI is InChI=1S/C14H21NO5S/c1-13(2,3)10-5-7-11(8-6-10)21(19,20)15-9-14(4,18)12(16)17/h5-8,15,18H,9H2,1-4H3,(H,16,17). The Morgan fingerprint density at radius 2 is 1.62 bits per heavy atom. The molecule has 118 valence electrons. The van der Waals surface area contributed by atoms with Crippen LogP contribution in [0, 0.1) is 0 Å². The van der Waals surface area contributed by atoms with Gasteiger partial charge in [0.25, 0.3) is 0 Å². The maximum absolute atomic E-state index is 12.0. The van der Waals surface area contributed by atoms with Crippen LogP contribution in [0.15, 0.2) is 29.2 Å². The molecule has 1 atom stereocenters. The third-order valence-corrected chi connectivity index (χ3v) is 4.51. The molecule has 6 nitrogen and oxygen atoms in total. The highest BCUT2D eigenvalue weighted by atomic mass is 32.2. The molecule has 0 aliphatic carbocycles. The van der Waals surface area contributed by atoms with Gasteiger partial charge >= 0.3 is 5.97 Å². The van der Waals surface area contributed by atoms with Gasteiger partial charge in [0.1, 0.15) is 0 Å². The topological polar surface area (TPSA) is 104 Å². The van der Waals surface area contributed by atoms with Gasteiger partial charge in [0, 0.05) is 0 Å². The number of hydrogen-bond donors (Lipinski definition) is 3. The fourth-order valence-corrected chi connectivity index (χ4v) is 2.66. The minimum absolute atomic E-state index is 0.0247. The van der Waals surface area contributed by atoms with Crippen LogP contribution in [-0.2, 0) is 20.2 Å². The van der Waals surface area contributed by atoms with Gasteiger partial charge in [-0.25, -0.2) is 17.9 Å². The summed E-state index contributed by atoms with van der Waals surface area (Å²) < 4.78 is 26.2.